The molecule has 0 spiro atoms. The molecule has 1 rings (SSSR count). The summed E-state index contributed by atoms with van der Waals surface area (Å²) in [6.45, 7) is -0.553. The third-order valence-corrected chi connectivity index (χ3v) is 2.51. The van der Waals surface area contributed by atoms with Crippen LogP contribution in [0, 0.1) is 0 Å². The van der Waals surface area contributed by atoms with Crippen LogP contribution in [-0.2, 0) is 0 Å². The summed E-state index contributed by atoms with van der Waals surface area (Å²) in [5.74, 6) is 0. The van der Waals surface area contributed by atoms with Crippen molar-refractivity contribution in [2.45, 2.75) is 12.2 Å². The van der Waals surface area contributed by atoms with Crippen LogP contribution in [0.1, 0.15) is 11.7 Å². The lowest BCUT2D eigenvalue weighted by Crippen LogP contribution is -2.22. The first-order chi connectivity index (χ1) is 6.57. The van der Waals surface area contributed by atoms with Gasteiger partial charge in [0, 0.05) is 15.6 Å². The maximum absolute atomic E-state index is 9.57. The molecule has 0 aliphatic rings. The van der Waals surface area contributed by atoms with E-state index in [1.165, 1.54) is 0 Å². The van der Waals surface area contributed by atoms with E-state index in [0.29, 0.717) is 0 Å². The highest BCUT2D eigenvalue weighted by molar-refractivity contribution is 6.36. The van der Waals surface area contributed by atoms with Crippen molar-refractivity contribution in [3.05, 3.63) is 33.8 Å². The Kier molecular flexibility index (Phi) is 4.16. The van der Waals surface area contributed by atoms with Crippen molar-refractivity contribution in [3.8, 4) is 0 Å². The summed E-state index contributed by atoms with van der Waals surface area (Å²) >= 11 is 11.6. The minimum Gasteiger partial charge on any atom is -0.394 e. The highest BCUT2D eigenvalue weighted by Gasteiger charge is 2.22. The molecule has 5 heteroatoms. The van der Waals surface area contributed by atoms with Crippen molar-refractivity contribution in [3.63, 3.8) is 0 Å². The minimum absolute atomic E-state index is 0.234. The molecule has 0 fully saturated rings. The Morgan fingerprint density at radius 1 is 1.14 bits per heavy atom. The van der Waals surface area contributed by atoms with E-state index in [4.69, 9.17) is 28.3 Å². The van der Waals surface area contributed by atoms with Crippen molar-refractivity contribution in [2.75, 3.05) is 6.61 Å². The maximum atomic E-state index is 9.57. The summed E-state index contributed by atoms with van der Waals surface area (Å²) in [6.07, 6.45) is -2.56. The molecule has 1 aromatic rings. The normalized spacial score (nSPS) is 15.2. The van der Waals surface area contributed by atoms with Gasteiger partial charge in [0.2, 0.25) is 0 Å². The molecule has 0 radical (unpaired) electrons. The summed E-state index contributed by atoms with van der Waals surface area (Å²) in [7, 11) is 0. The molecular formula is C9H10Cl2O3. The van der Waals surface area contributed by atoms with Gasteiger partial charge in [-0.15, -0.1) is 0 Å². The Hall–Kier alpha value is -0.320. The van der Waals surface area contributed by atoms with E-state index in [-0.39, 0.29) is 15.6 Å². The second-order valence-electron chi connectivity index (χ2n) is 2.83. The lowest BCUT2D eigenvalue weighted by Gasteiger charge is -2.18. The van der Waals surface area contributed by atoms with Gasteiger partial charge in [-0.2, -0.15) is 0 Å². The summed E-state index contributed by atoms with van der Waals surface area (Å²) < 4.78 is 0. The van der Waals surface area contributed by atoms with Crippen LogP contribution >= 0.6 is 23.2 Å². The van der Waals surface area contributed by atoms with Crippen LogP contribution in [-0.4, -0.2) is 28.0 Å². The van der Waals surface area contributed by atoms with Crippen molar-refractivity contribution < 1.29 is 15.3 Å². The highest BCUT2D eigenvalue weighted by atomic mass is 35.5. The largest absolute Gasteiger partial charge is 0.394 e. The first-order valence-corrected chi connectivity index (χ1v) is 4.74. The van der Waals surface area contributed by atoms with E-state index in [1.54, 1.807) is 18.2 Å². The van der Waals surface area contributed by atoms with Crippen LogP contribution in [0.3, 0.4) is 0 Å². The van der Waals surface area contributed by atoms with E-state index in [2.05, 4.69) is 0 Å². The summed E-state index contributed by atoms with van der Waals surface area (Å²) in [6, 6.07) is 4.73. The molecule has 14 heavy (non-hydrogen) atoms. The monoisotopic (exact) mass is 236 g/mol. The second kappa shape index (κ2) is 4.96. The first kappa shape index (κ1) is 11.8. The van der Waals surface area contributed by atoms with Gasteiger partial charge in [0.05, 0.1) is 6.61 Å². The Morgan fingerprint density at radius 3 is 2.07 bits per heavy atom. The predicted molar refractivity (Wildman–Crippen MR) is 54.5 cm³/mol. The van der Waals surface area contributed by atoms with Gasteiger partial charge < -0.3 is 15.3 Å². The topological polar surface area (TPSA) is 60.7 Å². The van der Waals surface area contributed by atoms with E-state index >= 15 is 0 Å². The van der Waals surface area contributed by atoms with Gasteiger partial charge in [-0.25, -0.2) is 0 Å². The van der Waals surface area contributed by atoms with Crippen LogP contribution < -0.4 is 0 Å². The lowest BCUT2D eigenvalue weighted by atomic mass is 10.0. The fourth-order valence-electron chi connectivity index (χ4n) is 1.09. The highest BCUT2D eigenvalue weighted by Crippen LogP contribution is 2.31. The fraction of sp³-hybridized carbons (Fsp3) is 0.333. The number of benzene rings is 1. The Labute approximate surface area is 91.5 Å². The SMILES string of the molecule is OCC(O)C(O)c1c(Cl)cccc1Cl. The minimum atomic E-state index is -1.28. The molecule has 0 heterocycles. The van der Waals surface area contributed by atoms with Gasteiger partial charge in [-0.05, 0) is 12.1 Å². The average molecular weight is 237 g/mol. The predicted octanol–water partition coefficient (Wildman–Crippen LogP) is 1.38. The van der Waals surface area contributed by atoms with Crippen molar-refractivity contribution >= 4 is 23.2 Å². The molecule has 2 unspecified atom stereocenters. The lowest BCUT2D eigenvalue weighted by molar-refractivity contribution is -0.0151. The van der Waals surface area contributed by atoms with Gasteiger partial charge in [0.1, 0.15) is 12.2 Å². The van der Waals surface area contributed by atoms with Crippen molar-refractivity contribution in [2.24, 2.45) is 0 Å². The number of hydrogen-bond acceptors (Lipinski definition) is 3. The Bertz CT molecular complexity index is 297. The molecule has 78 valence electrons. The molecule has 0 aromatic heterocycles. The van der Waals surface area contributed by atoms with Gasteiger partial charge >= 0.3 is 0 Å². The number of hydrogen-bond donors (Lipinski definition) is 3. The summed E-state index contributed by atoms with van der Waals surface area (Å²) in [5.41, 5.74) is 0.234. The zero-order valence-electron chi connectivity index (χ0n) is 7.19. The molecule has 0 bridgehead atoms. The van der Waals surface area contributed by atoms with Gasteiger partial charge in [0.15, 0.2) is 0 Å². The third kappa shape index (κ3) is 2.38. The molecular weight excluding hydrogens is 227 g/mol. The van der Waals surface area contributed by atoms with Crippen molar-refractivity contribution in [1.29, 1.82) is 0 Å². The second-order valence-corrected chi connectivity index (χ2v) is 3.64. The maximum Gasteiger partial charge on any atom is 0.110 e. The molecule has 0 saturated heterocycles. The summed E-state index contributed by atoms with van der Waals surface area (Å²) in [4.78, 5) is 0. The number of aliphatic hydroxyl groups excluding tert-OH is 3. The van der Waals surface area contributed by atoms with E-state index in [9.17, 15) is 10.2 Å². The molecule has 3 N–H and O–H groups in total. The van der Waals surface area contributed by atoms with Crippen molar-refractivity contribution in [1.82, 2.24) is 0 Å². The first-order valence-electron chi connectivity index (χ1n) is 3.98. The van der Waals surface area contributed by atoms with Crippen LogP contribution in [0.4, 0.5) is 0 Å². The van der Waals surface area contributed by atoms with Gasteiger partial charge in [-0.3, -0.25) is 0 Å². The average Bonchev–Trinajstić information content (AvgIpc) is 2.16. The number of halogens is 2. The molecule has 1 aromatic carbocycles. The van der Waals surface area contributed by atoms with Crippen LogP contribution in [0.25, 0.3) is 0 Å². The fourth-order valence-corrected chi connectivity index (χ4v) is 1.71. The zero-order valence-corrected chi connectivity index (χ0v) is 8.70. The van der Waals surface area contributed by atoms with Gasteiger partial charge in [-0.1, -0.05) is 29.3 Å². The number of aliphatic hydroxyl groups is 3. The molecule has 0 saturated carbocycles. The van der Waals surface area contributed by atoms with E-state index < -0.39 is 18.8 Å². The smallest absolute Gasteiger partial charge is 0.110 e. The Balaban J connectivity index is 3.05. The summed E-state index contributed by atoms with van der Waals surface area (Å²) in [5, 5.41) is 28.0. The van der Waals surface area contributed by atoms with Crippen LogP contribution in [0.5, 0.6) is 0 Å². The molecule has 0 amide bonds. The van der Waals surface area contributed by atoms with Crippen LogP contribution in [0.15, 0.2) is 18.2 Å². The number of rotatable bonds is 3. The Morgan fingerprint density at radius 2 is 1.64 bits per heavy atom. The molecule has 2 atom stereocenters. The standard InChI is InChI=1S/C9H10Cl2O3/c10-5-2-1-3-6(11)8(5)9(14)7(13)4-12/h1-3,7,9,12-14H,4H2. The van der Waals surface area contributed by atoms with Crippen LogP contribution in [0.2, 0.25) is 10.0 Å². The van der Waals surface area contributed by atoms with Gasteiger partial charge in [0.25, 0.3) is 0 Å². The van der Waals surface area contributed by atoms with E-state index in [0.717, 1.165) is 0 Å². The zero-order chi connectivity index (χ0) is 10.7. The third-order valence-electron chi connectivity index (χ3n) is 1.85. The molecule has 3 nitrogen and oxygen atoms in total. The molecule has 0 aliphatic heterocycles. The van der Waals surface area contributed by atoms with E-state index in [1.807, 2.05) is 0 Å². The molecule has 0 aliphatic carbocycles. The quantitative estimate of drug-likeness (QED) is 0.744.